The molecule has 32 heavy (non-hydrogen) atoms. The van der Waals surface area contributed by atoms with E-state index in [4.69, 9.17) is 9.47 Å². The Bertz CT molecular complexity index is 1310. The van der Waals surface area contributed by atoms with E-state index in [1.54, 1.807) is 43.6 Å². The van der Waals surface area contributed by atoms with Crippen LogP contribution in [-0.2, 0) is 13.1 Å². The smallest absolute Gasteiger partial charge is 0.330 e. The van der Waals surface area contributed by atoms with Crippen molar-refractivity contribution in [1.82, 2.24) is 14.1 Å². The number of fused-ring (bicyclic) bond motifs is 1. The van der Waals surface area contributed by atoms with Gasteiger partial charge in [0.1, 0.15) is 5.82 Å². The van der Waals surface area contributed by atoms with E-state index in [2.05, 4.69) is 4.98 Å². The standard InChI is InChI=1S/C24H24FN3O4/c1-3-32-22-12-16(8-9-21(22)31-2)15-28-23-20(27(10-11-29)24(28)30)13-17(14-26-23)18-6-4-5-7-19(18)25/h4-9,12-14,29H,3,10-11,15H2,1-2H3. The highest BCUT2D eigenvalue weighted by atomic mass is 19.1. The molecular weight excluding hydrogens is 413 g/mol. The lowest BCUT2D eigenvalue weighted by Gasteiger charge is -2.11. The van der Waals surface area contributed by atoms with Crippen molar-refractivity contribution in [2.45, 2.75) is 20.0 Å². The Labute approximate surface area is 184 Å². The second-order valence-corrected chi connectivity index (χ2v) is 7.21. The number of methoxy groups -OCH3 is 1. The SMILES string of the molecule is CCOc1cc(Cn2c(=O)n(CCO)c3cc(-c4ccccc4F)cnc32)ccc1OC. The molecule has 2 heterocycles. The molecule has 0 amide bonds. The number of rotatable bonds is 8. The number of aliphatic hydroxyl groups excluding tert-OH is 1. The highest BCUT2D eigenvalue weighted by molar-refractivity contribution is 5.79. The summed E-state index contributed by atoms with van der Waals surface area (Å²) in [7, 11) is 1.57. The summed E-state index contributed by atoms with van der Waals surface area (Å²) in [5.41, 5.74) is 2.47. The van der Waals surface area contributed by atoms with Crippen LogP contribution in [0.2, 0.25) is 0 Å². The number of benzene rings is 2. The third-order valence-corrected chi connectivity index (χ3v) is 5.23. The van der Waals surface area contributed by atoms with Crippen molar-refractivity contribution in [3.8, 4) is 22.6 Å². The number of halogens is 1. The van der Waals surface area contributed by atoms with Crippen molar-refractivity contribution >= 4 is 11.2 Å². The highest BCUT2D eigenvalue weighted by Crippen LogP contribution is 2.29. The van der Waals surface area contributed by atoms with Gasteiger partial charge in [-0.3, -0.25) is 9.13 Å². The van der Waals surface area contributed by atoms with Crippen LogP contribution >= 0.6 is 0 Å². The van der Waals surface area contributed by atoms with Gasteiger partial charge in [-0.15, -0.1) is 0 Å². The second kappa shape index (κ2) is 9.23. The maximum absolute atomic E-state index is 14.3. The molecule has 7 nitrogen and oxygen atoms in total. The first-order valence-electron chi connectivity index (χ1n) is 10.3. The summed E-state index contributed by atoms with van der Waals surface area (Å²) in [4.78, 5) is 17.7. The Morgan fingerprint density at radius 3 is 2.62 bits per heavy atom. The molecule has 0 fully saturated rings. The van der Waals surface area contributed by atoms with E-state index in [-0.39, 0.29) is 31.2 Å². The topological polar surface area (TPSA) is 78.5 Å². The number of hydrogen-bond donors (Lipinski definition) is 1. The zero-order valence-electron chi connectivity index (χ0n) is 17.9. The first kappa shape index (κ1) is 21.6. The molecule has 0 unspecified atom stereocenters. The predicted octanol–water partition coefficient (Wildman–Crippen LogP) is 3.45. The second-order valence-electron chi connectivity index (χ2n) is 7.21. The Balaban J connectivity index is 1.82. The van der Waals surface area contributed by atoms with Crippen molar-refractivity contribution in [2.75, 3.05) is 20.3 Å². The molecule has 0 bridgehead atoms. The number of imidazole rings is 1. The number of pyridine rings is 1. The zero-order valence-corrected chi connectivity index (χ0v) is 17.9. The number of aliphatic hydroxyl groups is 1. The van der Waals surface area contributed by atoms with E-state index in [0.29, 0.717) is 40.4 Å². The van der Waals surface area contributed by atoms with Crippen LogP contribution in [0, 0.1) is 5.82 Å². The third kappa shape index (κ3) is 3.97. The first-order chi connectivity index (χ1) is 15.6. The summed E-state index contributed by atoms with van der Waals surface area (Å²) in [6.07, 6.45) is 1.56. The lowest BCUT2D eigenvalue weighted by Crippen LogP contribution is -2.25. The summed E-state index contributed by atoms with van der Waals surface area (Å²) in [6, 6.07) is 13.6. The van der Waals surface area contributed by atoms with Crippen LogP contribution in [0.15, 0.2) is 59.5 Å². The van der Waals surface area contributed by atoms with Gasteiger partial charge in [-0.25, -0.2) is 14.2 Å². The Morgan fingerprint density at radius 1 is 1.09 bits per heavy atom. The normalized spacial score (nSPS) is 11.1. The van der Waals surface area contributed by atoms with Crippen LogP contribution in [0.5, 0.6) is 11.5 Å². The summed E-state index contributed by atoms with van der Waals surface area (Å²) in [5.74, 6) is 0.832. The Kier molecular flexibility index (Phi) is 6.23. The van der Waals surface area contributed by atoms with Crippen molar-refractivity contribution in [3.05, 3.63) is 76.6 Å². The molecule has 0 saturated carbocycles. The highest BCUT2D eigenvalue weighted by Gasteiger charge is 2.17. The van der Waals surface area contributed by atoms with E-state index in [9.17, 15) is 14.3 Å². The molecule has 0 aliphatic heterocycles. The maximum Gasteiger partial charge on any atom is 0.330 e. The van der Waals surface area contributed by atoms with Crippen LogP contribution in [0.4, 0.5) is 4.39 Å². The van der Waals surface area contributed by atoms with Gasteiger partial charge in [0.25, 0.3) is 0 Å². The monoisotopic (exact) mass is 437 g/mol. The van der Waals surface area contributed by atoms with Crippen molar-refractivity contribution < 1.29 is 19.0 Å². The van der Waals surface area contributed by atoms with Gasteiger partial charge < -0.3 is 14.6 Å². The fourth-order valence-electron chi connectivity index (χ4n) is 3.76. The largest absolute Gasteiger partial charge is 0.493 e. The molecule has 8 heteroatoms. The van der Waals surface area contributed by atoms with Crippen LogP contribution in [0.3, 0.4) is 0 Å². The van der Waals surface area contributed by atoms with Gasteiger partial charge in [0.2, 0.25) is 0 Å². The number of ether oxygens (including phenoxy) is 2. The van der Waals surface area contributed by atoms with Crippen molar-refractivity contribution in [2.24, 2.45) is 0 Å². The summed E-state index contributed by atoms with van der Waals surface area (Å²) in [5, 5.41) is 9.51. The third-order valence-electron chi connectivity index (χ3n) is 5.23. The van der Waals surface area contributed by atoms with E-state index in [0.717, 1.165) is 5.56 Å². The van der Waals surface area contributed by atoms with Crippen LogP contribution < -0.4 is 15.2 Å². The lowest BCUT2D eigenvalue weighted by atomic mass is 10.1. The fourth-order valence-corrected chi connectivity index (χ4v) is 3.76. The minimum atomic E-state index is -0.370. The summed E-state index contributed by atoms with van der Waals surface area (Å²) in [6.45, 7) is 2.52. The fraction of sp³-hybridized carbons (Fsp3) is 0.250. The molecule has 0 atom stereocenters. The molecule has 166 valence electrons. The van der Waals surface area contributed by atoms with E-state index in [1.165, 1.54) is 15.2 Å². The molecule has 2 aromatic carbocycles. The van der Waals surface area contributed by atoms with Gasteiger partial charge in [0.15, 0.2) is 17.1 Å². The molecular formula is C24H24FN3O4. The number of aromatic nitrogens is 3. The average Bonchev–Trinajstić information content (AvgIpc) is 3.05. The Hall–Kier alpha value is -3.65. The minimum Gasteiger partial charge on any atom is -0.493 e. The molecule has 4 aromatic rings. The quantitative estimate of drug-likeness (QED) is 0.457. The maximum atomic E-state index is 14.3. The van der Waals surface area contributed by atoms with Gasteiger partial charge in [0, 0.05) is 17.3 Å². The molecule has 0 saturated heterocycles. The molecule has 0 aliphatic rings. The molecule has 0 radical (unpaired) electrons. The van der Waals surface area contributed by atoms with Gasteiger partial charge in [-0.1, -0.05) is 24.3 Å². The van der Waals surface area contributed by atoms with Gasteiger partial charge in [-0.2, -0.15) is 0 Å². The Morgan fingerprint density at radius 2 is 1.91 bits per heavy atom. The molecule has 4 rings (SSSR count). The number of nitrogens with zero attached hydrogens (tertiary/aromatic N) is 3. The van der Waals surface area contributed by atoms with Crippen LogP contribution in [0.1, 0.15) is 12.5 Å². The molecule has 0 aliphatic carbocycles. The zero-order chi connectivity index (χ0) is 22.7. The molecule has 1 N–H and O–H groups in total. The van der Waals surface area contributed by atoms with Gasteiger partial charge in [-0.05, 0) is 36.8 Å². The van der Waals surface area contributed by atoms with Gasteiger partial charge >= 0.3 is 5.69 Å². The first-order valence-corrected chi connectivity index (χ1v) is 10.3. The van der Waals surface area contributed by atoms with Crippen molar-refractivity contribution in [1.29, 1.82) is 0 Å². The van der Waals surface area contributed by atoms with E-state index in [1.807, 2.05) is 19.1 Å². The average molecular weight is 437 g/mol. The minimum absolute atomic E-state index is 0.109. The van der Waals surface area contributed by atoms with Crippen LogP contribution in [-0.4, -0.2) is 39.5 Å². The van der Waals surface area contributed by atoms with Crippen molar-refractivity contribution in [3.63, 3.8) is 0 Å². The van der Waals surface area contributed by atoms with Gasteiger partial charge in [0.05, 0.1) is 38.9 Å². The molecule has 0 spiro atoms. The van der Waals surface area contributed by atoms with E-state index < -0.39 is 0 Å². The number of hydrogen-bond acceptors (Lipinski definition) is 5. The predicted molar refractivity (Wildman–Crippen MR) is 120 cm³/mol. The van der Waals surface area contributed by atoms with Crippen LogP contribution in [0.25, 0.3) is 22.3 Å². The summed E-state index contributed by atoms with van der Waals surface area (Å²) < 4.78 is 28.3. The van der Waals surface area contributed by atoms with E-state index >= 15 is 0 Å². The summed E-state index contributed by atoms with van der Waals surface area (Å²) >= 11 is 0. The molecule has 2 aromatic heterocycles. The lowest BCUT2D eigenvalue weighted by molar-refractivity contribution is 0.275.